The standard InChI is InChI=1S/C10H4N6O7/c17-7-5(15(19)20)2-3-1-4(9-11-13-14-12-9)10(18)23-8(3)6(7)16(21)22/h1-2,17H,(H,11,12,13,14). The van der Waals surface area contributed by atoms with Crippen molar-refractivity contribution in [3.8, 4) is 17.1 Å². The van der Waals surface area contributed by atoms with Crippen LogP contribution in [0.3, 0.4) is 0 Å². The molecule has 0 aliphatic carbocycles. The minimum absolute atomic E-state index is 0.152. The lowest BCUT2D eigenvalue weighted by molar-refractivity contribution is -0.395. The summed E-state index contributed by atoms with van der Waals surface area (Å²) in [6.45, 7) is 0. The third-order valence-electron chi connectivity index (χ3n) is 2.92. The summed E-state index contributed by atoms with van der Waals surface area (Å²) in [6, 6.07) is 1.91. The Morgan fingerprint density at radius 2 is 1.96 bits per heavy atom. The first kappa shape index (κ1) is 14.1. The average Bonchev–Trinajstić information content (AvgIpc) is 2.99. The smallest absolute Gasteiger partial charge is 0.360 e. The molecular weight excluding hydrogens is 316 g/mol. The fraction of sp³-hybridized carbons (Fsp3) is 0. The summed E-state index contributed by atoms with van der Waals surface area (Å²) in [5.41, 5.74) is -3.82. The lowest BCUT2D eigenvalue weighted by Gasteiger charge is -2.03. The van der Waals surface area contributed by atoms with Crippen molar-refractivity contribution < 1.29 is 19.4 Å². The number of aromatic amines is 1. The number of nitrogens with one attached hydrogen (secondary N) is 1. The zero-order chi connectivity index (χ0) is 16.7. The predicted octanol–water partition coefficient (Wildman–Crippen LogP) is 0.495. The molecule has 2 heterocycles. The highest BCUT2D eigenvalue weighted by atomic mass is 16.6. The molecular formula is C10H4N6O7. The third-order valence-corrected chi connectivity index (χ3v) is 2.92. The van der Waals surface area contributed by atoms with Crippen LogP contribution >= 0.6 is 0 Å². The van der Waals surface area contributed by atoms with E-state index in [0.717, 1.165) is 12.1 Å². The van der Waals surface area contributed by atoms with Crippen molar-refractivity contribution in [3.05, 3.63) is 42.8 Å². The van der Waals surface area contributed by atoms with E-state index in [9.17, 15) is 30.1 Å². The van der Waals surface area contributed by atoms with Gasteiger partial charge in [0, 0.05) is 11.5 Å². The summed E-state index contributed by atoms with van der Waals surface area (Å²) >= 11 is 0. The number of phenolic OH excluding ortho intramolecular Hbond substituents is 1. The largest absolute Gasteiger partial charge is 0.497 e. The maximum atomic E-state index is 11.9. The Morgan fingerprint density at radius 3 is 2.52 bits per heavy atom. The van der Waals surface area contributed by atoms with Crippen LogP contribution < -0.4 is 5.63 Å². The number of nitro benzene ring substituents is 2. The highest BCUT2D eigenvalue weighted by molar-refractivity contribution is 5.93. The van der Waals surface area contributed by atoms with Crippen molar-refractivity contribution in [2.24, 2.45) is 0 Å². The highest BCUT2D eigenvalue weighted by Crippen LogP contribution is 2.41. The van der Waals surface area contributed by atoms with Gasteiger partial charge in [-0.2, -0.15) is 5.21 Å². The molecule has 1 aromatic carbocycles. The van der Waals surface area contributed by atoms with Crippen LogP contribution in [-0.2, 0) is 0 Å². The van der Waals surface area contributed by atoms with Crippen LogP contribution in [0, 0.1) is 20.2 Å². The molecule has 23 heavy (non-hydrogen) atoms. The van der Waals surface area contributed by atoms with Crippen molar-refractivity contribution in [1.29, 1.82) is 0 Å². The first-order valence-electron chi connectivity index (χ1n) is 5.76. The Bertz CT molecular complexity index is 1010. The number of H-pyrrole nitrogens is 1. The van der Waals surface area contributed by atoms with E-state index < -0.39 is 38.2 Å². The number of nitrogens with zero attached hydrogens (tertiary/aromatic N) is 5. The molecule has 0 saturated heterocycles. The van der Waals surface area contributed by atoms with Gasteiger partial charge in [-0.25, -0.2) is 4.79 Å². The maximum absolute atomic E-state index is 11.9. The van der Waals surface area contributed by atoms with Crippen LogP contribution in [0.2, 0.25) is 0 Å². The predicted molar refractivity (Wildman–Crippen MR) is 70.6 cm³/mol. The number of hydrogen-bond donors (Lipinski definition) is 2. The fourth-order valence-electron chi connectivity index (χ4n) is 1.96. The Hall–Kier alpha value is -3.90. The first-order valence-corrected chi connectivity index (χ1v) is 5.76. The van der Waals surface area contributed by atoms with Gasteiger partial charge in [0.05, 0.1) is 9.85 Å². The van der Waals surface area contributed by atoms with E-state index in [1.165, 1.54) is 0 Å². The van der Waals surface area contributed by atoms with Gasteiger partial charge < -0.3 is 9.52 Å². The fourth-order valence-corrected chi connectivity index (χ4v) is 1.96. The number of aromatic hydroxyl groups is 1. The number of nitro groups is 2. The SMILES string of the molecule is O=c1oc2c([N+](=O)[O-])c(O)c([N+](=O)[O-])cc2cc1-c1nn[nH]n1. The summed E-state index contributed by atoms with van der Waals surface area (Å²) in [6.07, 6.45) is 0. The number of aromatic nitrogens is 4. The Kier molecular flexibility index (Phi) is 2.95. The number of rotatable bonds is 3. The molecule has 2 aromatic heterocycles. The lowest BCUT2D eigenvalue weighted by atomic mass is 10.1. The first-order chi connectivity index (χ1) is 10.9. The van der Waals surface area contributed by atoms with Crippen LogP contribution in [0.5, 0.6) is 5.75 Å². The van der Waals surface area contributed by atoms with E-state index in [2.05, 4.69) is 20.6 Å². The van der Waals surface area contributed by atoms with E-state index in [1.54, 1.807) is 0 Å². The molecule has 0 spiro atoms. The lowest BCUT2D eigenvalue weighted by Crippen LogP contribution is -2.05. The molecule has 0 amide bonds. The Balaban J connectivity index is 2.44. The minimum Gasteiger partial charge on any atom is -0.497 e. The molecule has 0 radical (unpaired) electrons. The van der Waals surface area contributed by atoms with Crippen LogP contribution in [-0.4, -0.2) is 35.6 Å². The van der Waals surface area contributed by atoms with Gasteiger partial charge in [-0.1, -0.05) is 0 Å². The molecule has 0 saturated carbocycles. The molecule has 0 aliphatic rings. The second-order valence-corrected chi connectivity index (χ2v) is 4.21. The molecule has 0 atom stereocenters. The minimum atomic E-state index is -1.21. The summed E-state index contributed by atoms with van der Waals surface area (Å²) in [5, 5.41) is 44.0. The van der Waals surface area contributed by atoms with Crippen molar-refractivity contribution in [1.82, 2.24) is 20.6 Å². The monoisotopic (exact) mass is 320 g/mol. The van der Waals surface area contributed by atoms with Crippen LogP contribution in [0.4, 0.5) is 11.4 Å². The molecule has 3 rings (SSSR count). The van der Waals surface area contributed by atoms with Crippen LogP contribution in [0.1, 0.15) is 0 Å². The quantitative estimate of drug-likeness (QED) is 0.390. The molecule has 0 bridgehead atoms. The molecule has 116 valence electrons. The van der Waals surface area contributed by atoms with Crippen molar-refractivity contribution in [2.45, 2.75) is 0 Å². The van der Waals surface area contributed by atoms with E-state index in [0.29, 0.717) is 0 Å². The number of tetrazole rings is 1. The van der Waals surface area contributed by atoms with Gasteiger partial charge in [0.2, 0.25) is 11.4 Å². The van der Waals surface area contributed by atoms with Crippen LogP contribution in [0.15, 0.2) is 21.3 Å². The zero-order valence-corrected chi connectivity index (χ0v) is 10.8. The van der Waals surface area contributed by atoms with Gasteiger partial charge in [-0.05, 0) is 11.3 Å². The van der Waals surface area contributed by atoms with E-state index in [4.69, 9.17) is 4.42 Å². The van der Waals surface area contributed by atoms with Gasteiger partial charge in [0.15, 0.2) is 0 Å². The van der Waals surface area contributed by atoms with E-state index in [-0.39, 0.29) is 16.8 Å². The molecule has 0 aliphatic heterocycles. The van der Waals surface area contributed by atoms with Gasteiger partial charge in [-0.15, -0.1) is 10.2 Å². The number of fused-ring (bicyclic) bond motifs is 1. The maximum Gasteiger partial charge on any atom is 0.360 e. The van der Waals surface area contributed by atoms with E-state index in [1.807, 2.05) is 0 Å². The Labute approximate surface area is 123 Å². The molecule has 0 unspecified atom stereocenters. The van der Waals surface area contributed by atoms with E-state index >= 15 is 0 Å². The molecule has 13 heteroatoms. The number of phenols is 1. The summed E-state index contributed by atoms with van der Waals surface area (Å²) in [5.74, 6) is -1.36. The Morgan fingerprint density at radius 1 is 1.22 bits per heavy atom. The van der Waals surface area contributed by atoms with Gasteiger partial charge in [-0.3, -0.25) is 20.2 Å². The van der Waals surface area contributed by atoms with Crippen molar-refractivity contribution in [3.63, 3.8) is 0 Å². The zero-order valence-electron chi connectivity index (χ0n) is 10.8. The van der Waals surface area contributed by atoms with Gasteiger partial charge in [0.1, 0.15) is 5.56 Å². The van der Waals surface area contributed by atoms with Crippen molar-refractivity contribution >= 4 is 22.3 Å². The average molecular weight is 320 g/mol. The van der Waals surface area contributed by atoms with Gasteiger partial charge >= 0.3 is 17.0 Å². The van der Waals surface area contributed by atoms with Crippen LogP contribution in [0.25, 0.3) is 22.4 Å². The third kappa shape index (κ3) is 2.11. The summed E-state index contributed by atoms with van der Waals surface area (Å²) in [7, 11) is 0. The molecule has 0 fully saturated rings. The summed E-state index contributed by atoms with van der Waals surface area (Å²) < 4.78 is 4.82. The normalized spacial score (nSPS) is 10.8. The highest BCUT2D eigenvalue weighted by Gasteiger charge is 2.31. The van der Waals surface area contributed by atoms with Crippen molar-refractivity contribution in [2.75, 3.05) is 0 Å². The number of hydrogen-bond acceptors (Lipinski definition) is 10. The molecule has 13 nitrogen and oxygen atoms in total. The summed E-state index contributed by atoms with van der Waals surface area (Å²) in [4.78, 5) is 31.8. The second-order valence-electron chi connectivity index (χ2n) is 4.21. The topological polar surface area (TPSA) is 191 Å². The second kappa shape index (κ2) is 4.83. The molecule has 2 N–H and O–H groups in total. The molecule has 3 aromatic rings. The van der Waals surface area contributed by atoms with Gasteiger partial charge in [0.25, 0.3) is 5.75 Å². The number of benzene rings is 1.